The fourth-order valence-electron chi connectivity index (χ4n) is 4.12. The van der Waals surface area contributed by atoms with E-state index in [0.717, 1.165) is 42.5 Å². The molecule has 31 heavy (non-hydrogen) atoms. The number of hydrogen-bond acceptors (Lipinski definition) is 5. The maximum Gasteiger partial charge on any atom is 0.276 e. The summed E-state index contributed by atoms with van der Waals surface area (Å²) in [6.07, 6.45) is 8.49. The molecule has 1 aliphatic rings. The molecule has 0 aliphatic heterocycles. The van der Waals surface area contributed by atoms with Gasteiger partial charge < -0.3 is 19.4 Å². The van der Waals surface area contributed by atoms with Crippen LogP contribution in [-0.4, -0.2) is 40.9 Å². The van der Waals surface area contributed by atoms with Gasteiger partial charge in [0, 0.05) is 37.5 Å². The molecule has 8 heteroatoms. The molecule has 0 saturated heterocycles. The molecule has 4 rings (SSSR count). The van der Waals surface area contributed by atoms with E-state index in [-0.39, 0.29) is 17.9 Å². The minimum absolute atomic E-state index is 0.0729. The Labute approximate surface area is 180 Å². The highest BCUT2D eigenvalue weighted by atomic mass is 16.5. The highest BCUT2D eigenvalue weighted by Crippen LogP contribution is 2.27. The molecule has 1 aliphatic carbocycles. The highest BCUT2D eigenvalue weighted by Gasteiger charge is 2.19. The highest BCUT2D eigenvalue weighted by molar-refractivity contribution is 5.75. The number of aryl methyl sites for hydroxylation is 3. The van der Waals surface area contributed by atoms with Crippen LogP contribution in [0.15, 0.2) is 35.4 Å². The maximum absolute atomic E-state index is 12.9. The van der Waals surface area contributed by atoms with Crippen LogP contribution in [0, 0.1) is 0 Å². The van der Waals surface area contributed by atoms with Gasteiger partial charge in [-0.2, -0.15) is 5.10 Å². The van der Waals surface area contributed by atoms with Crippen molar-refractivity contribution in [1.82, 2.24) is 19.5 Å². The number of nitrogens with one attached hydrogen (secondary N) is 1. The lowest BCUT2D eigenvalue weighted by atomic mass is 9.97. The van der Waals surface area contributed by atoms with Gasteiger partial charge in [0.2, 0.25) is 5.91 Å². The van der Waals surface area contributed by atoms with E-state index in [4.69, 9.17) is 9.47 Å². The van der Waals surface area contributed by atoms with Gasteiger partial charge >= 0.3 is 0 Å². The molecule has 0 unspecified atom stereocenters. The van der Waals surface area contributed by atoms with E-state index in [0.29, 0.717) is 36.5 Å². The zero-order chi connectivity index (χ0) is 21.8. The molecular weight excluding hydrogens is 396 g/mol. The summed E-state index contributed by atoms with van der Waals surface area (Å²) in [7, 11) is 3.20. The van der Waals surface area contributed by atoms with Gasteiger partial charge in [-0.15, -0.1) is 0 Å². The number of fused-ring (bicyclic) bond motifs is 3. The number of methoxy groups -OCH3 is 2. The van der Waals surface area contributed by atoms with E-state index in [1.165, 1.54) is 0 Å². The molecule has 0 radical (unpaired) electrons. The second-order valence-electron chi connectivity index (χ2n) is 7.76. The van der Waals surface area contributed by atoms with Gasteiger partial charge in [0.15, 0.2) is 11.5 Å². The van der Waals surface area contributed by atoms with Crippen LogP contribution in [0.4, 0.5) is 0 Å². The Morgan fingerprint density at radius 1 is 1.13 bits per heavy atom. The van der Waals surface area contributed by atoms with Crippen molar-refractivity contribution in [3.8, 4) is 11.5 Å². The lowest BCUT2D eigenvalue weighted by Crippen LogP contribution is -2.29. The normalized spacial score (nSPS) is 13.1. The van der Waals surface area contributed by atoms with Gasteiger partial charge in [-0.3, -0.25) is 9.59 Å². The van der Waals surface area contributed by atoms with E-state index < -0.39 is 0 Å². The van der Waals surface area contributed by atoms with E-state index in [1.54, 1.807) is 29.5 Å². The molecule has 1 N–H and O–H groups in total. The average molecular weight is 425 g/mol. The average Bonchev–Trinajstić information content (AvgIpc) is 3.18. The Morgan fingerprint density at radius 3 is 2.74 bits per heavy atom. The van der Waals surface area contributed by atoms with Gasteiger partial charge in [0.25, 0.3) is 5.56 Å². The molecule has 3 aromatic rings. The molecule has 0 fully saturated rings. The summed E-state index contributed by atoms with van der Waals surface area (Å²) in [6.45, 7) is 0.857. The predicted molar refractivity (Wildman–Crippen MR) is 117 cm³/mol. The number of benzene rings is 1. The van der Waals surface area contributed by atoms with Crippen molar-refractivity contribution in [3.05, 3.63) is 57.8 Å². The molecule has 0 bridgehead atoms. The van der Waals surface area contributed by atoms with Gasteiger partial charge in [-0.05, 0) is 49.8 Å². The smallest absolute Gasteiger partial charge is 0.276 e. The topological polar surface area (TPSA) is 86.9 Å². The van der Waals surface area contributed by atoms with Crippen molar-refractivity contribution in [3.63, 3.8) is 0 Å². The number of carbonyl (C=O) groups is 1. The summed E-state index contributed by atoms with van der Waals surface area (Å²) in [4.78, 5) is 25.2. The SMILES string of the molecule is COc1ccc(CCNC(=O)CCn2ccn3nc4c(c3c2=O)CCCC4)cc1OC. The third-order valence-corrected chi connectivity index (χ3v) is 5.80. The first-order valence-corrected chi connectivity index (χ1v) is 10.7. The number of aromatic nitrogens is 3. The van der Waals surface area contributed by atoms with Crippen LogP contribution in [0.2, 0.25) is 0 Å². The summed E-state index contributed by atoms with van der Waals surface area (Å²) in [6, 6.07) is 5.72. The Kier molecular flexibility index (Phi) is 6.25. The number of ether oxygens (including phenoxy) is 2. The van der Waals surface area contributed by atoms with Crippen molar-refractivity contribution < 1.29 is 14.3 Å². The van der Waals surface area contributed by atoms with Gasteiger partial charge in [0.1, 0.15) is 5.52 Å². The van der Waals surface area contributed by atoms with E-state index >= 15 is 0 Å². The van der Waals surface area contributed by atoms with Crippen LogP contribution >= 0.6 is 0 Å². The molecule has 164 valence electrons. The third kappa shape index (κ3) is 4.42. The second kappa shape index (κ2) is 9.24. The summed E-state index contributed by atoms with van der Waals surface area (Å²) in [5, 5.41) is 7.48. The van der Waals surface area contributed by atoms with Crippen LogP contribution in [0.25, 0.3) is 5.52 Å². The Bertz CT molecular complexity index is 1150. The van der Waals surface area contributed by atoms with Gasteiger partial charge in [0.05, 0.1) is 19.9 Å². The Balaban J connectivity index is 1.33. The number of carbonyl (C=O) groups excluding carboxylic acids is 1. The van der Waals surface area contributed by atoms with Crippen LogP contribution < -0.4 is 20.3 Å². The van der Waals surface area contributed by atoms with Crippen LogP contribution in [0.1, 0.15) is 36.1 Å². The summed E-state index contributed by atoms with van der Waals surface area (Å²) in [5.41, 5.74) is 3.74. The molecular formula is C23H28N4O4. The zero-order valence-corrected chi connectivity index (χ0v) is 18.0. The van der Waals surface area contributed by atoms with Crippen molar-refractivity contribution in [2.75, 3.05) is 20.8 Å². The molecule has 1 amide bonds. The molecule has 2 aromatic heterocycles. The van der Waals surface area contributed by atoms with Crippen LogP contribution in [0.3, 0.4) is 0 Å². The first-order chi connectivity index (χ1) is 15.1. The minimum Gasteiger partial charge on any atom is -0.493 e. The summed E-state index contributed by atoms with van der Waals surface area (Å²) in [5.74, 6) is 1.27. The van der Waals surface area contributed by atoms with Crippen molar-refractivity contribution >= 4 is 11.4 Å². The zero-order valence-electron chi connectivity index (χ0n) is 18.0. The fourth-order valence-corrected chi connectivity index (χ4v) is 4.12. The quantitative estimate of drug-likeness (QED) is 0.599. The van der Waals surface area contributed by atoms with Crippen molar-refractivity contribution in [2.45, 2.75) is 45.1 Å². The number of amides is 1. The molecule has 0 atom stereocenters. The number of hydrogen-bond donors (Lipinski definition) is 1. The lowest BCUT2D eigenvalue weighted by molar-refractivity contribution is -0.121. The molecule has 1 aromatic carbocycles. The first kappa shape index (κ1) is 21.0. The molecule has 8 nitrogen and oxygen atoms in total. The van der Waals surface area contributed by atoms with Crippen LogP contribution in [0.5, 0.6) is 11.5 Å². The lowest BCUT2D eigenvalue weighted by Gasteiger charge is -2.11. The monoisotopic (exact) mass is 424 g/mol. The Morgan fingerprint density at radius 2 is 1.94 bits per heavy atom. The minimum atomic E-state index is -0.0808. The van der Waals surface area contributed by atoms with E-state index in [1.807, 2.05) is 24.4 Å². The van der Waals surface area contributed by atoms with E-state index in [2.05, 4.69) is 10.4 Å². The maximum atomic E-state index is 12.9. The largest absolute Gasteiger partial charge is 0.493 e. The first-order valence-electron chi connectivity index (χ1n) is 10.7. The van der Waals surface area contributed by atoms with Gasteiger partial charge in [-0.1, -0.05) is 6.07 Å². The fraction of sp³-hybridized carbons (Fsp3) is 0.435. The molecule has 0 spiro atoms. The molecule has 0 saturated carbocycles. The standard InChI is InChI=1S/C23H28N4O4/c1-30-19-8-7-16(15-20(19)31-2)9-11-24-21(28)10-12-26-13-14-27-22(23(26)29)17-5-3-4-6-18(17)25-27/h7-8,13-15H,3-6,9-12H2,1-2H3,(H,24,28). The number of nitrogens with zero attached hydrogens (tertiary/aromatic N) is 3. The third-order valence-electron chi connectivity index (χ3n) is 5.80. The predicted octanol–water partition coefficient (Wildman–Crippen LogP) is 2.14. The second-order valence-corrected chi connectivity index (χ2v) is 7.76. The summed E-state index contributed by atoms with van der Waals surface area (Å²) >= 11 is 0. The van der Waals surface area contributed by atoms with Crippen molar-refractivity contribution in [2.24, 2.45) is 0 Å². The van der Waals surface area contributed by atoms with Crippen LogP contribution in [-0.2, 0) is 30.6 Å². The number of rotatable bonds is 8. The van der Waals surface area contributed by atoms with E-state index in [9.17, 15) is 9.59 Å². The van der Waals surface area contributed by atoms with Crippen molar-refractivity contribution in [1.29, 1.82) is 0 Å². The molecule has 2 heterocycles. The summed E-state index contributed by atoms with van der Waals surface area (Å²) < 4.78 is 13.9. The van der Waals surface area contributed by atoms with Gasteiger partial charge in [-0.25, -0.2) is 4.52 Å². The Hall–Kier alpha value is -3.29.